The summed E-state index contributed by atoms with van der Waals surface area (Å²) in [6, 6.07) is 7.87. The Bertz CT molecular complexity index is 454. The second-order valence-electron chi connectivity index (χ2n) is 5.56. The van der Waals surface area contributed by atoms with Crippen molar-refractivity contribution in [2.75, 3.05) is 6.61 Å². The highest BCUT2D eigenvalue weighted by Crippen LogP contribution is 2.44. The molecule has 2 atom stereocenters. The second kappa shape index (κ2) is 4.73. The number of nitrogens with two attached hydrogens (primary N) is 1. The van der Waals surface area contributed by atoms with E-state index < -0.39 is 0 Å². The SMILES string of the molecule is CCOC(=O)[C@@H]1CC(C)(C)c2ccccc2[C@@H]1N. The van der Waals surface area contributed by atoms with E-state index >= 15 is 0 Å². The normalized spacial score (nSPS) is 25.3. The average molecular weight is 247 g/mol. The van der Waals surface area contributed by atoms with E-state index in [-0.39, 0.29) is 23.3 Å². The molecule has 1 aliphatic carbocycles. The minimum Gasteiger partial charge on any atom is -0.466 e. The summed E-state index contributed by atoms with van der Waals surface area (Å²) in [7, 11) is 0. The van der Waals surface area contributed by atoms with E-state index in [1.165, 1.54) is 5.56 Å². The van der Waals surface area contributed by atoms with Gasteiger partial charge in [0.05, 0.1) is 12.5 Å². The first-order chi connectivity index (χ1) is 8.47. The fourth-order valence-corrected chi connectivity index (χ4v) is 2.89. The van der Waals surface area contributed by atoms with Crippen molar-refractivity contribution in [2.24, 2.45) is 11.7 Å². The summed E-state index contributed by atoms with van der Waals surface area (Å²) in [6.07, 6.45) is 0.740. The fraction of sp³-hybridized carbons (Fsp3) is 0.533. The molecular weight excluding hydrogens is 226 g/mol. The van der Waals surface area contributed by atoms with E-state index in [2.05, 4.69) is 19.9 Å². The summed E-state index contributed by atoms with van der Waals surface area (Å²) in [6.45, 7) is 6.54. The number of hydrogen-bond donors (Lipinski definition) is 1. The van der Waals surface area contributed by atoms with Gasteiger partial charge in [-0.25, -0.2) is 0 Å². The zero-order chi connectivity index (χ0) is 13.3. The van der Waals surface area contributed by atoms with Crippen LogP contribution in [-0.4, -0.2) is 12.6 Å². The second-order valence-corrected chi connectivity index (χ2v) is 5.56. The number of esters is 1. The van der Waals surface area contributed by atoms with Crippen LogP contribution in [0.2, 0.25) is 0 Å². The van der Waals surface area contributed by atoms with E-state index in [9.17, 15) is 4.79 Å². The maximum Gasteiger partial charge on any atom is 0.310 e. The molecule has 0 fully saturated rings. The van der Waals surface area contributed by atoms with Gasteiger partial charge in [0, 0.05) is 6.04 Å². The Balaban J connectivity index is 2.39. The molecular formula is C15H21NO2. The molecule has 0 saturated heterocycles. The van der Waals surface area contributed by atoms with Crippen LogP contribution >= 0.6 is 0 Å². The topological polar surface area (TPSA) is 52.3 Å². The highest BCUT2D eigenvalue weighted by Gasteiger charge is 2.41. The number of hydrogen-bond acceptors (Lipinski definition) is 3. The number of fused-ring (bicyclic) bond motifs is 1. The number of carbonyl (C=O) groups excluding carboxylic acids is 1. The molecule has 0 unspecified atom stereocenters. The quantitative estimate of drug-likeness (QED) is 0.817. The first-order valence-electron chi connectivity index (χ1n) is 6.49. The minimum absolute atomic E-state index is 0.0378. The van der Waals surface area contributed by atoms with Crippen LogP contribution in [0.5, 0.6) is 0 Å². The van der Waals surface area contributed by atoms with Crippen molar-refractivity contribution in [3.63, 3.8) is 0 Å². The molecule has 1 aromatic carbocycles. The van der Waals surface area contributed by atoms with Crippen molar-refractivity contribution >= 4 is 5.97 Å². The Kier molecular flexibility index (Phi) is 3.44. The Morgan fingerprint density at radius 1 is 1.44 bits per heavy atom. The number of carbonyl (C=O) groups is 1. The lowest BCUT2D eigenvalue weighted by Crippen LogP contribution is -2.40. The molecule has 3 nitrogen and oxygen atoms in total. The standard InChI is InChI=1S/C15H21NO2/c1-4-18-14(17)11-9-15(2,3)12-8-6-5-7-10(12)13(11)16/h5-8,11,13H,4,9,16H2,1-3H3/t11-,13+/m1/s1. The predicted molar refractivity (Wildman–Crippen MR) is 71.1 cm³/mol. The Hall–Kier alpha value is -1.35. The van der Waals surface area contributed by atoms with Crippen LogP contribution in [0.4, 0.5) is 0 Å². The molecule has 1 aliphatic rings. The molecule has 2 N–H and O–H groups in total. The molecule has 0 bridgehead atoms. The summed E-state index contributed by atoms with van der Waals surface area (Å²) in [5.41, 5.74) is 8.53. The number of ether oxygens (including phenoxy) is 1. The van der Waals surface area contributed by atoms with Gasteiger partial charge in [0.15, 0.2) is 0 Å². The van der Waals surface area contributed by atoms with Crippen LogP contribution in [0.3, 0.4) is 0 Å². The van der Waals surface area contributed by atoms with E-state index in [4.69, 9.17) is 10.5 Å². The molecule has 0 spiro atoms. The van der Waals surface area contributed by atoms with Crippen LogP contribution in [0.1, 0.15) is 44.4 Å². The van der Waals surface area contributed by atoms with Crippen molar-refractivity contribution in [3.05, 3.63) is 35.4 Å². The van der Waals surface area contributed by atoms with E-state index in [1.807, 2.05) is 25.1 Å². The van der Waals surface area contributed by atoms with Crippen LogP contribution in [0, 0.1) is 5.92 Å². The maximum absolute atomic E-state index is 12.0. The lowest BCUT2D eigenvalue weighted by molar-refractivity contribution is -0.150. The fourth-order valence-electron chi connectivity index (χ4n) is 2.89. The Morgan fingerprint density at radius 2 is 2.11 bits per heavy atom. The highest BCUT2D eigenvalue weighted by atomic mass is 16.5. The molecule has 2 rings (SSSR count). The van der Waals surface area contributed by atoms with Gasteiger partial charge >= 0.3 is 5.97 Å². The van der Waals surface area contributed by atoms with Crippen LogP contribution < -0.4 is 5.73 Å². The van der Waals surface area contributed by atoms with Crippen molar-refractivity contribution in [1.29, 1.82) is 0 Å². The first kappa shape index (κ1) is 13.1. The lowest BCUT2D eigenvalue weighted by Gasteiger charge is -2.40. The number of rotatable bonds is 2. The van der Waals surface area contributed by atoms with E-state index in [0.717, 1.165) is 12.0 Å². The van der Waals surface area contributed by atoms with Crippen LogP contribution in [0.15, 0.2) is 24.3 Å². The molecule has 0 aromatic heterocycles. The molecule has 1 aromatic rings. The van der Waals surface area contributed by atoms with Crippen molar-refractivity contribution < 1.29 is 9.53 Å². The van der Waals surface area contributed by atoms with E-state index in [0.29, 0.717) is 6.61 Å². The van der Waals surface area contributed by atoms with Gasteiger partial charge < -0.3 is 10.5 Å². The van der Waals surface area contributed by atoms with Crippen molar-refractivity contribution in [2.45, 2.75) is 38.6 Å². The molecule has 0 saturated carbocycles. The van der Waals surface area contributed by atoms with Crippen LogP contribution in [-0.2, 0) is 14.9 Å². The first-order valence-corrected chi connectivity index (χ1v) is 6.49. The molecule has 0 radical (unpaired) electrons. The zero-order valence-electron chi connectivity index (χ0n) is 11.3. The summed E-state index contributed by atoms with van der Waals surface area (Å²) in [5.74, 6) is -0.414. The highest BCUT2D eigenvalue weighted by molar-refractivity contribution is 5.74. The summed E-state index contributed by atoms with van der Waals surface area (Å²) in [5, 5.41) is 0. The molecule has 0 amide bonds. The lowest BCUT2D eigenvalue weighted by atomic mass is 9.66. The van der Waals surface area contributed by atoms with Gasteiger partial charge in [-0.2, -0.15) is 0 Å². The summed E-state index contributed by atoms with van der Waals surface area (Å²) < 4.78 is 5.14. The van der Waals surface area contributed by atoms with Gasteiger partial charge in [-0.15, -0.1) is 0 Å². The summed E-state index contributed by atoms with van der Waals surface area (Å²) in [4.78, 5) is 12.0. The monoisotopic (exact) mass is 247 g/mol. The average Bonchev–Trinajstić information content (AvgIpc) is 2.34. The molecule has 0 aliphatic heterocycles. The zero-order valence-corrected chi connectivity index (χ0v) is 11.3. The van der Waals surface area contributed by atoms with Gasteiger partial charge in [0.25, 0.3) is 0 Å². The predicted octanol–water partition coefficient (Wildman–Crippen LogP) is 2.55. The minimum atomic E-state index is -0.256. The summed E-state index contributed by atoms with van der Waals surface area (Å²) >= 11 is 0. The van der Waals surface area contributed by atoms with Crippen molar-refractivity contribution in [1.82, 2.24) is 0 Å². The molecule has 0 heterocycles. The largest absolute Gasteiger partial charge is 0.466 e. The van der Waals surface area contributed by atoms with Crippen molar-refractivity contribution in [3.8, 4) is 0 Å². The van der Waals surface area contributed by atoms with Crippen LogP contribution in [0.25, 0.3) is 0 Å². The van der Waals surface area contributed by atoms with E-state index in [1.54, 1.807) is 0 Å². The smallest absolute Gasteiger partial charge is 0.310 e. The molecule has 98 valence electrons. The third-order valence-corrected chi connectivity index (χ3v) is 3.80. The molecule has 18 heavy (non-hydrogen) atoms. The third kappa shape index (κ3) is 2.15. The third-order valence-electron chi connectivity index (χ3n) is 3.80. The van der Waals surface area contributed by atoms with Gasteiger partial charge in [0.1, 0.15) is 0 Å². The Morgan fingerprint density at radius 3 is 2.78 bits per heavy atom. The maximum atomic E-state index is 12.0. The Labute approximate surface area is 108 Å². The van der Waals surface area contributed by atoms with Gasteiger partial charge in [-0.1, -0.05) is 38.1 Å². The van der Waals surface area contributed by atoms with Gasteiger partial charge in [-0.3, -0.25) is 4.79 Å². The van der Waals surface area contributed by atoms with Gasteiger partial charge in [0.2, 0.25) is 0 Å². The van der Waals surface area contributed by atoms with Gasteiger partial charge in [-0.05, 0) is 29.9 Å². The molecule has 3 heteroatoms. The number of benzene rings is 1.